The second-order valence-electron chi connectivity index (χ2n) is 7.44. The third-order valence-electron chi connectivity index (χ3n) is 4.72. The van der Waals surface area contributed by atoms with E-state index in [0.29, 0.717) is 29.9 Å². The topological polar surface area (TPSA) is 105 Å². The SMILES string of the molecule is CC(Nc1c(C(N)=O)cnn2cc(N3CCNC3=O)cc12)C(C)(C)C. The fraction of sp³-hybridized carbons (Fsp3) is 0.471. The van der Waals surface area contributed by atoms with Crippen molar-refractivity contribution in [2.75, 3.05) is 23.3 Å². The molecule has 0 aromatic carbocycles. The second kappa shape index (κ2) is 5.94. The molecule has 3 rings (SSSR count). The number of rotatable bonds is 4. The molecule has 134 valence electrons. The highest BCUT2D eigenvalue weighted by Crippen LogP contribution is 2.31. The van der Waals surface area contributed by atoms with Crippen molar-refractivity contribution in [3.05, 3.63) is 24.0 Å². The molecule has 1 aliphatic heterocycles. The van der Waals surface area contributed by atoms with Crippen molar-refractivity contribution in [2.45, 2.75) is 33.7 Å². The van der Waals surface area contributed by atoms with Crippen molar-refractivity contribution in [1.82, 2.24) is 14.9 Å². The molecule has 1 aliphatic rings. The molecule has 4 N–H and O–H groups in total. The molecule has 1 saturated heterocycles. The molecule has 3 amide bonds. The maximum absolute atomic E-state index is 11.9. The number of hydrogen-bond donors (Lipinski definition) is 3. The molecule has 3 heterocycles. The minimum absolute atomic E-state index is 0.0144. The number of fused-ring (bicyclic) bond motifs is 1. The number of nitrogens with one attached hydrogen (secondary N) is 2. The molecule has 25 heavy (non-hydrogen) atoms. The van der Waals surface area contributed by atoms with Crippen LogP contribution in [0.4, 0.5) is 16.2 Å². The van der Waals surface area contributed by atoms with Gasteiger partial charge in [-0.25, -0.2) is 9.31 Å². The van der Waals surface area contributed by atoms with Crippen LogP contribution in [-0.2, 0) is 0 Å². The van der Waals surface area contributed by atoms with Gasteiger partial charge in [-0.3, -0.25) is 9.69 Å². The van der Waals surface area contributed by atoms with E-state index in [1.54, 1.807) is 15.6 Å². The van der Waals surface area contributed by atoms with Crippen molar-refractivity contribution < 1.29 is 9.59 Å². The number of primary amides is 1. The van der Waals surface area contributed by atoms with Gasteiger partial charge in [0.05, 0.1) is 34.8 Å². The summed E-state index contributed by atoms with van der Waals surface area (Å²) >= 11 is 0. The average Bonchev–Trinajstić information content (AvgIpc) is 3.11. The van der Waals surface area contributed by atoms with Gasteiger partial charge in [-0.1, -0.05) is 20.8 Å². The summed E-state index contributed by atoms with van der Waals surface area (Å²) < 4.78 is 1.66. The minimum atomic E-state index is -0.541. The van der Waals surface area contributed by atoms with Crippen molar-refractivity contribution >= 4 is 28.8 Å². The molecule has 0 radical (unpaired) electrons. The molecule has 0 saturated carbocycles. The smallest absolute Gasteiger partial charge is 0.322 e. The van der Waals surface area contributed by atoms with Gasteiger partial charge in [0, 0.05) is 19.1 Å². The molecular formula is C17H24N6O2. The summed E-state index contributed by atoms with van der Waals surface area (Å²) in [4.78, 5) is 25.4. The van der Waals surface area contributed by atoms with Crippen molar-refractivity contribution in [2.24, 2.45) is 11.1 Å². The van der Waals surface area contributed by atoms with Crippen LogP contribution < -0.4 is 21.3 Å². The molecule has 1 atom stereocenters. The Kier molecular flexibility index (Phi) is 4.06. The summed E-state index contributed by atoms with van der Waals surface area (Å²) in [5, 5.41) is 10.5. The number of amides is 3. The lowest BCUT2D eigenvalue weighted by atomic mass is 9.88. The quantitative estimate of drug-likeness (QED) is 0.786. The van der Waals surface area contributed by atoms with Gasteiger partial charge in [0.25, 0.3) is 5.91 Å². The predicted molar refractivity (Wildman–Crippen MR) is 97.0 cm³/mol. The van der Waals surface area contributed by atoms with Crippen LogP contribution >= 0.6 is 0 Å². The third-order valence-corrected chi connectivity index (χ3v) is 4.72. The van der Waals surface area contributed by atoms with Crippen molar-refractivity contribution in [3.8, 4) is 0 Å². The maximum atomic E-state index is 11.9. The predicted octanol–water partition coefficient (Wildman–Crippen LogP) is 1.81. The van der Waals surface area contributed by atoms with Crippen LogP contribution in [0, 0.1) is 5.41 Å². The second-order valence-corrected chi connectivity index (χ2v) is 7.44. The zero-order chi connectivity index (χ0) is 18.4. The molecular weight excluding hydrogens is 320 g/mol. The highest BCUT2D eigenvalue weighted by Gasteiger charge is 2.26. The van der Waals surface area contributed by atoms with Gasteiger partial charge in [0.1, 0.15) is 0 Å². The van der Waals surface area contributed by atoms with Gasteiger partial charge >= 0.3 is 6.03 Å². The van der Waals surface area contributed by atoms with Crippen molar-refractivity contribution in [3.63, 3.8) is 0 Å². The zero-order valence-corrected chi connectivity index (χ0v) is 15.0. The number of urea groups is 1. The van der Waals surface area contributed by atoms with E-state index in [1.807, 2.05) is 6.07 Å². The largest absolute Gasteiger partial charge is 0.380 e. The number of anilines is 2. The summed E-state index contributed by atoms with van der Waals surface area (Å²) in [5.41, 5.74) is 7.93. The zero-order valence-electron chi connectivity index (χ0n) is 15.0. The Morgan fingerprint density at radius 1 is 1.44 bits per heavy atom. The normalized spacial score (nSPS) is 16.2. The summed E-state index contributed by atoms with van der Waals surface area (Å²) in [6.45, 7) is 9.61. The van der Waals surface area contributed by atoms with E-state index in [1.165, 1.54) is 6.20 Å². The molecule has 0 aliphatic carbocycles. The van der Waals surface area contributed by atoms with E-state index in [2.05, 4.69) is 43.4 Å². The summed E-state index contributed by atoms with van der Waals surface area (Å²) in [5.74, 6) is -0.541. The fourth-order valence-corrected chi connectivity index (χ4v) is 2.68. The van der Waals surface area contributed by atoms with Crippen molar-refractivity contribution in [1.29, 1.82) is 0 Å². The van der Waals surface area contributed by atoms with Gasteiger partial charge in [0.2, 0.25) is 0 Å². The van der Waals surface area contributed by atoms with Crippen LogP contribution in [0.5, 0.6) is 0 Å². The Morgan fingerprint density at radius 3 is 2.72 bits per heavy atom. The van der Waals surface area contributed by atoms with E-state index in [-0.39, 0.29) is 17.5 Å². The van der Waals surface area contributed by atoms with Gasteiger partial charge in [-0.05, 0) is 18.4 Å². The number of carbonyl (C=O) groups is 2. The lowest BCUT2D eigenvalue weighted by Gasteiger charge is -2.29. The monoisotopic (exact) mass is 344 g/mol. The van der Waals surface area contributed by atoms with Crippen LogP contribution in [0.15, 0.2) is 18.5 Å². The fourth-order valence-electron chi connectivity index (χ4n) is 2.68. The average molecular weight is 344 g/mol. The van der Waals surface area contributed by atoms with Gasteiger partial charge in [-0.15, -0.1) is 0 Å². The minimum Gasteiger partial charge on any atom is -0.380 e. The lowest BCUT2D eigenvalue weighted by Crippen LogP contribution is -2.32. The highest BCUT2D eigenvalue weighted by molar-refractivity contribution is 6.03. The number of aromatic nitrogens is 2. The lowest BCUT2D eigenvalue weighted by molar-refractivity contribution is 0.100. The summed E-state index contributed by atoms with van der Waals surface area (Å²) in [7, 11) is 0. The van der Waals surface area contributed by atoms with Gasteiger partial charge < -0.3 is 16.4 Å². The van der Waals surface area contributed by atoms with Crippen LogP contribution in [0.1, 0.15) is 38.1 Å². The summed E-state index contributed by atoms with van der Waals surface area (Å²) in [6.07, 6.45) is 3.23. The van der Waals surface area contributed by atoms with Crippen LogP contribution in [0.3, 0.4) is 0 Å². The Bertz CT molecular complexity index is 836. The van der Waals surface area contributed by atoms with E-state index in [9.17, 15) is 9.59 Å². The van der Waals surface area contributed by atoms with Crippen LogP contribution in [0.2, 0.25) is 0 Å². The van der Waals surface area contributed by atoms with Crippen LogP contribution in [0.25, 0.3) is 5.52 Å². The van der Waals surface area contributed by atoms with E-state index in [4.69, 9.17) is 5.73 Å². The molecule has 2 aromatic rings. The highest BCUT2D eigenvalue weighted by atomic mass is 16.2. The standard InChI is InChI=1S/C17H24N6O2/c1-10(17(2,3)4)21-14-12(15(18)24)8-20-23-9-11(7-13(14)23)22-6-5-19-16(22)25/h7-10,21H,5-6H2,1-4H3,(H2,18,24)(H,19,25). The molecule has 0 bridgehead atoms. The van der Waals surface area contributed by atoms with E-state index < -0.39 is 5.91 Å². The Hall–Kier alpha value is -2.77. The van der Waals surface area contributed by atoms with E-state index >= 15 is 0 Å². The van der Waals surface area contributed by atoms with Gasteiger partial charge in [-0.2, -0.15) is 5.10 Å². The third kappa shape index (κ3) is 3.11. The molecule has 2 aromatic heterocycles. The maximum Gasteiger partial charge on any atom is 0.322 e. The van der Waals surface area contributed by atoms with Crippen LogP contribution in [-0.4, -0.2) is 40.7 Å². The molecule has 1 fully saturated rings. The molecule has 1 unspecified atom stereocenters. The number of nitrogens with zero attached hydrogens (tertiary/aromatic N) is 3. The first-order chi connectivity index (χ1) is 11.7. The molecule has 0 spiro atoms. The Morgan fingerprint density at radius 2 is 2.16 bits per heavy atom. The first kappa shape index (κ1) is 17.1. The first-order valence-corrected chi connectivity index (χ1v) is 8.31. The Labute approximate surface area is 146 Å². The molecule has 8 nitrogen and oxygen atoms in total. The number of carbonyl (C=O) groups excluding carboxylic acids is 2. The van der Waals surface area contributed by atoms with E-state index in [0.717, 1.165) is 5.69 Å². The van der Waals surface area contributed by atoms with Gasteiger partial charge in [0.15, 0.2) is 0 Å². The first-order valence-electron chi connectivity index (χ1n) is 8.31. The number of nitrogens with two attached hydrogens (primary N) is 1. The molecule has 8 heteroatoms. The number of hydrogen-bond acceptors (Lipinski definition) is 4. The summed E-state index contributed by atoms with van der Waals surface area (Å²) in [6, 6.07) is 1.80. The Balaban J connectivity index is 2.10.